The van der Waals surface area contributed by atoms with Crippen molar-refractivity contribution in [2.24, 2.45) is 0 Å². The summed E-state index contributed by atoms with van der Waals surface area (Å²) in [6.07, 6.45) is 0. The number of fused-ring (bicyclic) bond motifs is 3. The van der Waals surface area contributed by atoms with Crippen LogP contribution in [0.4, 0.5) is 0 Å². The Balaban J connectivity index is 1.94. The van der Waals surface area contributed by atoms with E-state index in [0.717, 1.165) is 33.2 Å². The number of aromatic nitrogens is 1. The topological polar surface area (TPSA) is 52.3 Å². The van der Waals surface area contributed by atoms with Crippen LogP contribution in [0.5, 0.6) is 5.75 Å². The molecule has 2 heterocycles. The fraction of sp³-hybridized carbons (Fsp3) is 0.0769. The van der Waals surface area contributed by atoms with Gasteiger partial charge in [0.1, 0.15) is 11.3 Å². The standard InChI is InChI=1S/C26H19NO3/c1-16-8-10-18(11-9-16)22-15-20(17-6-4-3-5-7-17)24-21-14-19(29-2)12-13-23(21)30-26(28)25(24)27-22/h3-15H,1-2H3. The molecule has 2 aromatic heterocycles. The average Bonchev–Trinajstić information content (AvgIpc) is 2.79. The summed E-state index contributed by atoms with van der Waals surface area (Å²) in [5.41, 5.74) is 5.16. The second-order valence-electron chi connectivity index (χ2n) is 7.26. The van der Waals surface area contributed by atoms with E-state index in [9.17, 15) is 4.79 Å². The highest BCUT2D eigenvalue weighted by Gasteiger charge is 2.17. The minimum Gasteiger partial charge on any atom is -0.497 e. The molecule has 3 aromatic carbocycles. The molecular formula is C26H19NO3. The number of benzene rings is 3. The molecule has 0 spiro atoms. The van der Waals surface area contributed by atoms with Crippen LogP contribution in [-0.2, 0) is 0 Å². The Labute approximate surface area is 173 Å². The first-order chi connectivity index (χ1) is 14.6. The minimum atomic E-state index is -0.450. The number of methoxy groups -OCH3 is 1. The summed E-state index contributed by atoms with van der Waals surface area (Å²) in [5, 5.41) is 1.56. The van der Waals surface area contributed by atoms with Gasteiger partial charge in [-0.05, 0) is 42.3 Å². The van der Waals surface area contributed by atoms with Gasteiger partial charge in [-0.1, -0.05) is 60.2 Å². The van der Waals surface area contributed by atoms with E-state index < -0.39 is 5.63 Å². The quantitative estimate of drug-likeness (QED) is 0.279. The SMILES string of the molecule is COc1ccc2oc(=O)c3nc(-c4ccc(C)cc4)cc(-c4ccccc4)c3c2c1. The Morgan fingerprint density at radius 2 is 1.63 bits per heavy atom. The van der Waals surface area contributed by atoms with E-state index in [1.54, 1.807) is 19.2 Å². The largest absolute Gasteiger partial charge is 0.497 e. The molecule has 146 valence electrons. The maximum absolute atomic E-state index is 12.9. The third-order valence-electron chi connectivity index (χ3n) is 5.30. The lowest BCUT2D eigenvalue weighted by Gasteiger charge is -2.12. The first kappa shape index (κ1) is 18.1. The van der Waals surface area contributed by atoms with Crippen molar-refractivity contribution in [2.75, 3.05) is 7.11 Å². The van der Waals surface area contributed by atoms with Gasteiger partial charge >= 0.3 is 5.63 Å². The smallest absolute Gasteiger partial charge is 0.363 e. The first-order valence-electron chi connectivity index (χ1n) is 9.72. The predicted octanol–water partition coefficient (Wildman–Crippen LogP) is 5.99. The molecule has 0 saturated carbocycles. The molecular weight excluding hydrogens is 374 g/mol. The molecule has 0 saturated heterocycles. The van der Waals surface area contributed by atoms with Gasteiger partial charge in [-0.3, -0.25) is 0 Å². The van der Waals surface area contributed by atoms with E-state index in [1.807, 2.05) is 73.7 Å². The third kappa shape index (κ3) is 3.03. The number of ether oxygens (including phenoxy) is 1. The van der Waals surface area contributed by atoms with Crippen molar-refractivity contribution in [1.29, 1.82) is 0 Å². The average molecular weight is 393 g/mol. The molecule has 0 atom stereocenters. The van der Waals surface area contributed by atoms with E-state index in [-0.39, 0.29) is 0 Å². The second kappa shape index (κ2) is 7.16. The number of hydrogen-bond donors (Lipinski definition) is 0. The summed E-state index contributed by atoms with van der Waals surface area (Å²) in [4.78, 5) is 17.6. The number of nitrogens with zero attached hydrogens (tertiary/aromatic N) is 1. The fourth-order valence-corrected chi connectivity index (χ4v) is 3.75. The molecule has 0 aliphatic carbocycles. The van der Waals surface area contributed by atoms with Crippen LogP contribution in [-0.4, -0.2) is 12.1 Å². The zero-order valence-electron chi connectivity index (χ0n) is 16.7. The van der Waals surface area contributed by atoms with E-state index in [2.05, 4.69) is 0 Å². The van der Waals surface area contributed by atoms with Gasteiger partial charge in [0.05, 0.1) is 12.8 Å². The van der Waals surface area contributed by atoms with Crippen molar-refractivity contribution in [3.8, 4) is 28.1 Å². The Hall–Kier alpha value is -3.92. The number of aryl methyl sites for hydroxylation is 1. The van der Waals surface area contributed by atoms with Crippen molar-refractivity contribution < 1.29 is 9.15 Å². The summed E-state index contributed by atoms with van der Waals surface area (Å²) < 4.78 is 11.0. The van der Waals surface area contributed by atoms with E-state index in [4.69, 9.17) is 14.1 Å². The molecule has 0 aliphatic heterocycles. The molecule has 0 bridgehead atoms. The molecule has 0 fully saturated rings. The summed E-state index contributed by atoms with van der Waals surface area (Å²) in [5.74, 6) is 0.694. The van der Waals surface area contributed by atoms with Crippen LogP contribution in [0.25, 0.3) is 44.3 Å². The molecule has 0 radical (unpaired) electrons. The number of pyridine rings is 1. The van der Waals surface area contributed by atoms with Gasteiger partial charge < -0.3 is 9.15 Å². The monoisotopic (exact) mass is 393 g/mol. The van der Waals surface area contributed by atoms with Crippen LogP contribution >= 0.6 is 0 Å². The Morgan fingerprint density at radius 3 is 2.37 bits per heavy atom. The zero-order chi connectivity index (χ0) is 20.7. The van der Waals surface area contributed by atoms with E-state index in [0.29, 0.717) is 16.8 Å². The van der Waals surface area contributed by atoms with Gasteiger partial charge in [0, 0.05) is 16.3 Å². The maximum Gasteiger partial charge on any atom is 0.363 e. The van der Waals surface area contributed by atoms with Gasteiger partial charge in [0.25, 0.3) is 0 Å². The summed E-state index contributed by atoms with van der Waals surface area (Å²) in [7, 11) is 1.62. The Morgan fingerprint density at radius 1 is 0.867 bits per heavy atom. The lowest BCUT2D eigenvalue weighted by Crippen LogP contribution is -2.04. The van der Waals surface area contributed by atoms with Crippen molar-refractivity contribution in [1.82, 2.24) is 4.98 Å². The van der Waals surface area contributed by atoms with Crippen molar-refractivity contribution in [3.05, 3.63) is 94.8 Å². The van der Waals surface area contributed by atoms with Gasteiger partial charge in [-0.25, -0.2) is 9.78 Å². The van der Waals surface area contributed by atoms with Crippen LogP contribution in [0, 0.1) is 6.92 Å². The van der Waals surface area contributed by atoms with Crippen LogP contribution in [0.1, 0.15) is 5.56 Å². The summed E-state index contributed by atoms with van der Waals surface area (Å²) in [6.45, 7) is 2.04. The lowest BCUT2D eigenvalue weighted by atomic mass is 9.96. The molecule has 0 aliphatic rings. The van der Waals surface area contributed by atoms with Crippen LogP contribution in [0.3, 0.4) is 0 Å². The van der Waals surface area contributed by atoms with E-state index in [1.165, 1.54) is 5.56 Å². The van der Waals surface area contributed by atoms with Crippen LogP contribution in [0.15, 0.2) is 88.1 Å². The minimum absolute atomic E-state index is 0.313. The van der Waals surface area contributed by atoms with Gasteiger partial charge in [-0.15, -0.1) is 0 Å². The highest BCUT2D eigenvalue weighted by Crippen LogP contribution is 2.36. The molecule has 5 rings (SSSR count). The highest BCUT2D eigenvalue weighted by atomic mass is 16.5. The van der Waals surface area contributed by atoms with Gasteiger partial charge in [0.2, 0.25) is 0 Å². The molecule has 4 heteroatoms. The molecule has 5 aromatic rings. The molecule has 4 nitrogen and oxygen atoms in total. The molecule has 0 amide bonds. The zero-order valence-corrected chi connectivity index (χ0v) is 16.7. The molecule has 0 N–H and O–H groups in total. The fourth-order valence-electron chi connectivity index (χ4n) is 3.75. The van der Waals surface area contributed by atoms with E-state index >= 15 is 0 Å². The summed E-state index contributed by atoms with van der Waals surface area (Å²) >= 11 is 0. The van der Waals surface area contributed by atoms with Crippen molar-refractivity contribution in [3.63, 3.8) is 0 Å². The molecule has 0 unspecified atom stereocenters. The Bertz CT molecular complexity index is 1440. The highest BCUT2D eigenvalue weighted by molar-refractivity contribution is 6.11. The summed E-state index contributed by atoms with van der Waals surface area (Å²) in [6, 6.07) is 25.6. The van der Waals surface area contributed by atoms with Gasteiger partial charge in [0.15, 0.2) is 5.52 Å². The van der Waals surface area contributed by atoms with Crippen molar-refractivity contribution in [2.45, 2.75) is 6.92 Å². The first-order valence-corrected chi connectivity index (χ1v) is 9.72. The number of hydrogen-bond acceptors (Lipinski definition) is 4. The Kier molecular flexibility index (Phi) is 4.32. The maximum atomic E-state index is 12.9. The van der Waals surface area contributed by atoms with Gasteiger partial charge in [-0.2, -0.15) is 0 Å². The normalized spacial score (nSPS) is 11.1. The lowest BCUT2D eigenvalue weighted by molar-refractivity contribution is 0.415. The van der Waals surface area contributed by atoms with Crippen LogP contribution < -0.4 is 10.4 Å². The van der Waals surface area contributed by atoms with Crippen molar-refractivity contribution >= 4 is 21.9 Å². The second-order valence-corrected chi connectivity index (χ2v) is 7.26. The number of rotatable bonds is 3. The predicted molar refractivity (Wildman–Crippen MR) is 120 cm³/mol. The molecule has 30 heavy (non-hydrogen) atoms. The van der Waals surface area contributed by atoms with Crippen LogP contribution in [0.2, 0.25) is 0 Å². The third-order valence-corrected chi connectivity index (χ3v) is 5.30.